The van der Waals surface area contributed by atoms with Gasteiger partial charge in [0.1, 0.15) is 0 Å². The summed E-state index contributed by atoms with van der Waals surface area (Å²) in [6.07, 6.45) is 1.85. The highest BCUT2D eigenvalue weighted by Crippen LogP contribution is 2.34. The molecule has 1 aromatic heterocycles. The number of aromatic nitrogens is 1. The van der Waals surface area contributed by atoms with Crippen molar-refractivity contribution in [3.8, 4) is 0 Å². The van der Waals surface area contributed by atoms with Crippen LogP contribution in [-0.2, 0) is 4.79 Å². The third-order valence-corrected chi connectivity index (χ3v) is 4.19. The number of rotatable bonds is 4. The molecule has 0 saturated carbocycles. The van der Waals surface area contributed by atoms with Crippen LogP contribution in [-0.4, -0.2) is 16.1 Å². The van der Waals surface area contributed by atoms with E-state index in [9.17, 15) is 9.90 Å². The molecular weight excluding hydrogens is 321 g/mol. The van der Waals surface area contributed by atoms with E-state index in [-0.39, 0.29) is 12.3 Å². The second-order valence-electron chi connectivity index (χ2n) is 5.14. The number of hydrogen-bond acceptors (Lipinski definition) is 1. The van der Waals surface area contributed by atoms with E-state index in [2.05, 4.69) is 4.98 Å². The zero-order valence-electron chi connectivity index (χ0n) is 11.5. The van der Waals surface area contributed by atoms with Gasteiger partial charge in [-0.25, -0.2) is 0 Å². The lowest BCUT2D eigenvalue weighted by molar-refractivity contribution is -0.137. The number of hydrogen-bond donors (Lipinski definition) is 2. The third kappa shape index (κ3) is 2.96. The van der Waals surface area contributed by atoms with Gasteiger partial charge in [0.05, 0.1) is 6.42 Å². The molecule has 0 fully saturated rings. The number of halogens is 2. The quantitative estimate of drug-likeness (QED) is 0.699. The van der Waals surface area contributed by atoms with E-state index in [1.54, 1.807) is 18.2 Å². The Morgan fingerprint density at radius 2 is 1.77 bits per heavy atom. The Kier molecular flexibility index (Phi) is 4.10. The Hall–Kier alpha value is -1.97. The van der Waals surface area contributed by atoms with Gasteiger partial charge in [0.15, 0.2) is 0 Å². The maximum absolute atomic E-state index is 11.3. The fraction of sp³-hybridized carbons (Fsp3) is 0.118. The van der Waals surface area contributed by atoms with Crippen molar-refractivity contribution in [2.45, 2.75) is 12.3 Å². The van der Waals surface area contributed by atoms with Crippen molar-refractivity contribution in [3.05, 3.63) is 69.8 Å². The number of aromatic amines is 1. The minimum absolute atomic E-state index is 0.00109. The minimum atomic E-state index is -0.851. The molecule has 0 bridgehead atoms. The highest BCUT2D eigenvalue weighted by Gasteiger charge is 2.21. The van der Waals surface area contributed by atoms with Crippen molar-refractivity contribution in [1.82, 2.24) is 4.98 Å². The molecule has 0 aliphatic heterocycles. The second-order valence-corrected chi connectivity index (χ2v) is 6.01. The molecule has 0 saturated heterocycles. The van der Waals surface area contributed by atoms with Gasteiger partial charge in [-0.3, -0.25) is 4.79 Å². The van der Waals surface area contributed by atoms with Gasteiger partial charge >= 0.3 is 5.97 Å². The Labute approximate surface area is 137 Å². The summed E-state index contributed by atoms with van der Waals surface area (Å²) in [6.45, 7) is 0. The van der Waals surface area contributed by atoms with Gasteiger partial charge in [0, 0.05) is 33.1 Å². The Morgan fingerprint density at radius 3 is 2.45 bits per heavy atom. The van der Waals surface area contributed by atoms with Gasteiger partial charge in [-0.1, -0.05) is 35.3 Å². The smallest absolute Gasteiger partial charge is 0.304 e. The summed E-state index contributed by atoms with van der Waals surface area (Å²) < 4.78 is 0. The van der Waals surface area contributed by atoms with Crippen LogP contribution in [0.3, 0.4) is 0 Å². The maximum Gasteiger partial charge on any atom is 0.304 e. The van der Waals surface area contributed by atoms with Gasteiger partial charge in [-0.15, -0.1) is 0 Å². The van der Waals surface area contributed by atoms with Crippen LogP contribution in [0.1, 0.15) is 23.5 Å². The van der Waals surface area contributed by atoms with Crippen LogP contribution in [0.25, 0.3) is 10.9 Å². The SMILES string of the molecule is O=C(O)C[C@@H](c1ccc(Cl)cc1)c1c[nH]c2ccc(Cl)cc12. The van der Waals surface area contributed by atoms with E-state index in [1.807, 2.05) is 30.5 Å². The van der Waals surface area contributed by atoms with Crippen LogP contribution >= 0.6 is 23.2 Å². The molecule has 1 atom stereocenters. The molecule has 3 aromatic rings. The van der Waals surface area contributed by atoms with Crippen molar-refractivity contribution in [2.24, 2.45) is 0 Å². The van der Waals surface area contributed by atoms with E-state index in [4.69, 9.17) is 23.2 Å². The number of benzene rings is 2. The lowest BCUT2D eigenvalue weighted by Crippen LogP contribution is -2.07. The molecule has 0 aliphatic rings. The van der Waals surface area contributed by atoms with Gasteiger partial charge in [0.2, 0.25) is 0 Å². The molecule has 2 N–H and O–H groups in total. The number of carbonyl (C=O) groups is 1. The molecule has 0 radical (unpaired) electrons. The van der Waals surface area contributed by atoms with Crippen molar-refractivity contribution in [2.75, 3.05) is 0 Å². The fourth-order valence-corrected chi connectivity index (χ4v) is 2.98. The summed E-state index contributed by atoms with van der Waals surface area (Å²) in [4.78, 5) is 14.5. The van der Waals surface area contributed by atoms with Gasteiger partial charge < -0.3 is 10.1 Å². The largest absolute Gasteiger partial charge is 0.481 e. The van der Waals surface area contributed by atoms with Crippen LogP contribution in [0.5, 0.6) is 0 Å². The van der Waals surface area contributed by atoms with Gasteiger partial charge in [0.25, 0.3) is 0 Å². The first-order chi connectivity index (χ1) is 10.5. The predicted octanol–water partition coefficient (Wildman–Crippen LogP) is 5.08. The minimum Gasteiger partial charge on any atom is -0.481 e. The average Bonchev–Trinajstić information content (AvgIpc) is 2.88. The predicted molar refractivity (Wildman–Crippen MR) is 88.9 cm³/mol. The fourth-order valence-electron chi connectivity index (χ4n) is 2.68. The summed E-state index contributed by atoms with van der Waals surface area (Å²) in [5, 5.41) is 11.5. The van der Waals surface area contributed by atoms with Crippen molar-refractivity contribution in [3.63, 3.8) is 0 Å². The lowest BCUT2D eigenvalue weighted by Gasteiger charge is -2.15. The third-order valence-electron chi connectivity index (χ3n) is 3.70. The number of carboxylic acids is 1. The first-order valence-corrected chi connectivity index (χ1v) is 7.54. The Morgan fingerprint density at radius 1 is 1.09 bits per heavy atom. The zero-order valence-corrected chi connectivity index (χ0v) is 13.0. The number of H-pyrrole nitrogens is 1. The summed E-state index contributed by atoms with van der Waals surface area (Å²) in [7, 11) is 0. The number of aliphatic carboxylic acids is 1. The van der Waals surface area contributed by atoms with E-state index >= 15 is 0 Å². The lowest BCUT2D eigenvalue weighted by atomic mass is 9.88. The monoisotopic (exact) mass is 333 g/mol. The zero-order chi connectivity index (χ0) is 15.7. The van der Waals surface area contributed by atoms with E-state index < -0.39 is 5.97 Å². The van der Waals surface area contributed by atoms with Crippen LogP contribution in [0.4, 0.5) is 0 Å². The summed E-state index contributed by atoms with van der Waals surface area (Å²) in [5.74, 6) is -1.11. The number of nitrogens with one attached hydrogen (secondary N) is 1. The maximum atomic E-state index is 11.3. The van der Waals surface area contributed by atoms with Crippen LogP contribution < -0.4 is 0 Å². The van der Waals surface area contributed by atoms with Crippen LogP contribution in [0.2, 0.25) is 10.0 Å². The van der Waals surface area contributed by atoms with Crippen LogP contribution in [0, 0.1) is 0 Å². The highest BCUT2D eigenvalue weighted by molar-refractivity contribution is 6.31. The van der Waals surface area contributed by atoms with Gasteiger partial charge in [-0.05, 0) is 41.5 Å². The van der Waals surface area contributed by atoms with E-state index in [0.29, 0.717) is 10.0 Å². The highest BCUT2D eigenvalue weighted by atomic mass is 35.5. The molecule has 2 aromatic carbocycles. The molecule has 1 heterocycles. The summed E-state index contributed by atoms with van der Waals surface area (Å²) >= 11 is 12.0. The molecule has 0 unspecified atom stereocenters. The second kappa shape index (κ2) is 6.03. The molecular formula is C17H13Cl2NO2. The molecule has 0 spiro atoms. The molecule has 3 nitrogen and oxygen atoms in total. The standard InChI is InChI=1S/C17H13Cl2NO2/c18-11-3-1-10(2-4-11)13(8-17(21)22)15-9-20-16-6-5-12(19)7-14(15)16/h1-7,9,13,20H,8H2,(H,21,22)/t13-/m0/s1. The summed E-state index contributed by atoms with van der Waals surface area (Å²) in [6, 6.07) is 12.8. The van der Waals surface area contributed by atoms with Gasteiger partial charge in [-0.2, -0.15) is 0 Å². The normalized spacial score (nSPS) is 12.5. The van der Waals surface area contributed by atoms with Crippen molar-refractivity contribution >= 4 is 40.1 Å². The van der Waals surface area contributed by atoms with Crippen LogP contribution in [0.15, 0.2) is 48.7 Å². The first kappa shape index (κ1) is 14.9. The Bertz CT molecular complexity index is 824. The van der Waals surface area contributed by atoms with Crippen molar-refractivity contribution in [1.29, 1.82) is 0 Å². The summed E-state index contributed by atoms with van der Waals surface area (Å²) in [5.41, 5.74) is 2.76. The Balaban J connectivity index is 2.13. The molecule has 112 valence electrons. The van der Waals surface area contributed by atoms with E-state index in [0.717, 1.165) is 22.0 Å². The van der Waals surface area contributed by atoms with E-state index in [1.165, 1.54) is 0 Å². The molecule has 5 heteroatoms. The number of carboxylic acid groups (broad SMARTS) is 1. The number of fused-ring (bicyclic) bond motifs is 1. The molecule has 22 heavy (non-hydrogen) atoms. The first-order valence-electron chi connectivity index (χ1n) is 6.78. The molecule has 0 aliphatic carbocycles. The molecule has 0 amide bonds. The molecule has 3 rings (SSSR count). The topological polar surface area (TPSA) is 53.1 Å². The van der Waals surface area contributed by atoms with Crippen molar-refractivity contribution < 1.29 is 9.90 Å². The average molecular weight is 334 g/mol.